The van der Waals surface area contributed by atoms with Crippen LogP contribution in [0.3, 0.4) is 0 Å². The third-order valence-corrected chi connectivity index (χ3v) is 11.0. The molecule has 1 aliphatic heterocycles. The molecule has 9 nitrogen and oxygen atoms in total. The number of hydrogen-bond donors (Lipinski definition) is 0. The molecule has 5 rings (SSSR count). The highest BCUT2D eigenvalue weighted by atomic mass is 32.2. The van der Waals surface area contributed by atoms with Crippen molar-refractivity contribution in [1.29, 1.82) is 0 Å². The summed E-state index contributed by atoms with van der Waals surface area (Å²) in [4.78, 5) is 13.2. The first-order chi connectivity index (χ1) is 25.7. The lowest BCUT2D eigenvalue weighted by atomic mass is 10.0. The lowest BCUT2D eigenvalue weighted by molar-refractivity contribution is 0.0174. The van der Waals surface area contributed by atoms with Gasteiger partial charge in [0.25, 0.3) is 15.9 Å². The molecule has 0 saturated carbocycles. The Kier molecular flexibility index (Phi) is 18.3. The number of alkyl halides is 2. The molecule has 1 saturated heterocycles. The van der Waals surface area contributed by atoms with Gasteiger partial charge in [-0.05, 0) is 94.2 Å². The first kappa shape index (κ1) is 45.9. The molecule has 0 bridgehead atoms. The topological polar surface area (TPSA) is 88.1 Å². The number of aryl methyl sites for hydroxylation is 3. The molecule has 0 N–H and O–H groups in total. The number of methoxy groups -OCH3 is 2. The molecule has 54 heavy (non-hydrogen) atoms. The third-order valence-electron chi connectivity index (χ3n) is 8.96. The monoisotopic (exact) mass is 769 g/mol. The van der Waals surface area contributed by atoms with Gasteiger partial charge in [0.1, 0.15) is 23.6 Å². The summed E-state index contributed by atoms with van der Waals surface area (Å²) in [5.74, 6) is -1.28. The number of likely N-dealkylation sites (N-methyl/N-ethyl adjacent to an activating group) is 1. The minimum Gasteiger partial charge on any atom is -0.497 e. The second kappa shape index (κ2) is 21.6. The summed E-state index contributed by atoms with van der Waals surface area (Å²) in [5.41, 5.74) is 4.19. The Balaban J connectivity index is 0.000000529. The molecule has 4 aromatic rings. The van der Waals surface area contributed by atoms with Crippen molar-refractivity contribution in [3.8, 4) is 11.5 Å². The van der Waals surface area contributed by atoms with E-state index >= 15 is 0 Å². The van der Waals surface area contributed by atoms with Gasteiger partial charge in [-0.2, -0.15) is 0 Å². The number of ether oxygens (including phenoxy) is 2. The number of piperidine rings is 1. The maximum Gasteiger partial charge on any atom is 0.270 e. The van der Waals surface area contributed by atoms with Gasteiger partial charge in [0.05, 0.1) is 25.7 Å². The molecule has 0 aliphatic carbocycles. The van der Waals surface area contributed by atoms with Crippen molar-refractivity contribution >= 4 is 21.5 Å². The average molecular weight is 770 g/mol. The predicted octanol–water partition coefficient (Wildman–Crippen LogP) is 9.45. The second-order valence-corrected chi connectivity index (χ2v) is 14.6. The van der Waals surface area contributed by atoms with Gasteiger partial charge in [0.2, 0.25) is 0 Å². The Labute approximate surface area is 323 Å². The molecule has 1 atom stereocenters. The Morgan fingerprint density at radius 3 is 2.15 bits per heavy atom. The van der Waals surface area contributed by atoms with Crippen molar-refractivity contribution in [2.45, 2.75) is 98.1 Å². The smallest absolute Gasteiger partial charge is 0.270 e. The lowest BCUT2D eigenvalue weighted by Gasteiger charge is -2.38. The molecule has 3 aromatic carbocycles. The Morgan fingerprint density at radius 1 is 0.944 bits per heavy atom. The maximum atomic E-state index is 14.3. The predicted molar refractivity (Wildman–Crippen MR) is 218 cm³/mol. The average Bonchev–Trinajstić information content (AvgIpc) is 3.18. The molecule has 1 aromatic heterocycles. The van der Waals surface area contributed by atoms with Crippen molar-refractivity contribution in [3.63, 3.8) is 0 Å². The molecule has 0 spiro atoms. The second-order valence-electron chi connectivity index (χ2n) is 12.8. The molecule has 0 radical (unpaired) electrons. The van der Waals surface area contributed by atoms with E-state index in [9.17, 15) is 17.2 Å². The maximum absolute atomic E-state index is 14.3. The first-order valence-corrected chi connectivity index (χ1v) is 20.1. The molecule has 298 valence electrons. The zero-order valence-corrected chi connectivity index (χ0v) is 35.1. The van der Waals surface area contributed by atoms with Crippen LogP contribution in [-0.2, 0) is 28.9 Å². The molecular formula is C42H61F2N5O4S. The van der Waals surface area contributed by atoms with Gasteiger partial charge in [-0.25, -0.2) is 31.5 Å². The summed E-state index contributed by atoms with van der Waals surface area (Å²) in [6.07, 6.45) is 5.95. The standard InChI is InChI=1S/C28H37N5O4S.C10H12F2.2C2H6/c1-20-14-24(32-13-7-8-23(18-32)31(3)4)15-21(2)28(20)38(34,35)33(27-11-12-29-19-30-27)17-22-9-10-25(36-5)16-26(22)37-6;1-3-8-5-4-6-9(7-8)10(2,11)12;2*1-2/h9-12,14-16,19,23H,7-8,13,17-18H2,1-6H3;4-7H,3H2,1-2H3;2*1-2H3. The number of sulfonamides is 1. The number of hydrogen-bond acceptors (Lipinski definition) is 8. The van der Waals surface area contributed by atoms with E-state index in [1.54, 1.807) is 44.6 Å². The minimum absolute atomic E-state index is 0.0315. The van der Waals surface area contributed by atoms with Gasteiger partial charge in [-0.15, -0.1) is 0 Å². The van der Waals surface area contributed by atoms with Gasteiger partial charge in [0.15, 0.2) is 0 Å². The van der Waals surface area contributed by atoms with E-state index in [2.05, 4.69) is 33.9 Å². The van der Waals surface area contributed by atoms with Gasteiger partial charge in [0, 0.05) is 61.2 Å². The van der Waals surface area contributed by atoms with E-state index in [4.69, 9.17) is 9.47 Å². The Morgan fingerprint density at radius 2 is 1.61 bits per heavy atom. The van der Waals surface area contributed by atoms with Gasteiger partial charge < -0.3 is 19.3 Å². The van der Waals surface area contributed by atoms with Crippen LogP contribution in [0.25, 0.3) is 0 Å². The summed E-state index contributed by atoms with van der Waals surface area (Å²) in [6, 6.07) is 17.9. The summed E-state index contributed by atoms with van der Waals surface area (Å²) in [7, 11) is 3.35. The molecule has 2 heterocycles. The van der Waals surface area contributed by atoms with Crippen molar-refractivity contribution in [3.05, 3.63) is 101 Å². The van der Waals surface area contributed by atoms with Gasteiger partial charge in [-0.1, -0.05) is 52.8 Å². The highest BCUT2D eigenvalue weighted by molar-refractivity contribution is 7.92. The van der Waals surface area contributed by atoms with Gasteiger partial charge in [-0.3, -0.25) is 0 Å². The van der Waals surface area contributed by atoms with E-state index < -0.39 is 15.9 Å². The first-order valence-electron chi connectivity index (χ1n) is 18.7. The van der Waals surface area contributed by atoms with Crippen molar-refractivity contribution in [1.82, 2.24) is 14.9 Å². The van der Waals surface area contributed by atoms with E-state index in [-0.39, 0.29) is 22.8 Å². The van der Waals surface area contributed by atoms with E-state index in [1.165, 1.54) is 22.9 Å². The number of benzene rings is 3. The SMILES string of the molecule is CC.CC.CCc1cccc(C(C)(F)F)c1.COc1ccc(CN(c2ccncn2)S(=O)(=O)c2c(C)cc(N3CCCC(N(C)C)C3)cc2C)c(OC)c1. The van der Waals surface area contributed by atoms with Crippen LogP contribution in [0.4, 0.5) is 20.3 Å². The molecule has 1 fully saturated rings. The Hall–Kier alpha value is -4.29. The van der Waals surface area contributed by atoms with Crippen molar-refractivity contribution < 1.29 is 26.7 Å². The normalized spacial score (nSPS) is 14.1. The van der Waals surface area contributed by atoms with E-state index in [0.29, 0.717) is 34.2 Å². The summed E-state index contributed by atoms with van der Waals surface area (Å²) < 4.78 is 66.3. The van der Waals surface area contributed by atoms with Crippen LogP contribution >= 0.6 is 0 Å². The highest BCUT2D eigenvalue weighted by Gasteiger charge is 2.32. The van der Waals surface area contributed by atoms with Crippen LogP contribution < -0.4 is 18.7 Å². The van der Waals surface area contributed by atoms with E-state index in [1.807, 2.05) is 72.7 Å². The van der Waals surface area contributed by atoms with Crippen LogP contribution in [0.1, 0.15) is 82.2 Å². The largest absolute Gasteiger partial charge is 0.497 e. The van der Waals surface area contributed by atoms with Gasteiger partial charge >= 0.3 is 0 Å². The fourth-order valence-electron chi connectivity index (χ4n) is 6.16. The molecule has 12 heteroatoms. The zero-order valence-electron chi connectivity index (χ0n) is 34.3. The molecule has 1 unspecified atom stereocenters. The lowest BCUT2D eigenvalue weighted by Crippen LogP contribution is -2.45. The van der Waals surface area contributed by atoms with E-state index in [0.717, 1.165) is 50.5 Å². The van der Waals surface area contributed by atoms with Crippen molar-refractivity contribution in [2.24, 2.45) is 0 Å². The summed E-state index contributed by atoms with van der Waals surface area (Å²) >= 11 is 0. The molecule has 0 amide bonds. The number of nitrogens with zero attached hydrogens (tertiary/aromatic N) is 5. The number of halogens is 2. The van der Waals surface area contributed by atoms with Crippen LogP contribution in [0.5, 0.6) is 11.5 Å². The zero-order chi connectivity index (χ0) is 40.6. The number of aromatic nitrogens is 2. The fourth-order valence-corrected chi connectivity index (χ4v) is 7.97. The fraction of sp³-hybridized carbons (Fsp3) is 0.476. The summed E-state index contributed by atoms with van der Waals surface area (Å²) in [5, 5.41) is 0. The van der Waals surface area contributed by atoms with Crippen LogP contribution in [-0.4, -0.2) is 70.7 Å². The quantitative estimate of drug-likeness (QED) is 0.149. The minimum atomic E-state index is -4.00. The van der Waals surface area contributed by atoms with Crippen LogP contribution in [0.2, 0.25) is 0 Å². The van der Waals surface area contributed by atoms with Crippen LogP contribution in [0, 0.1) is 13.8 Å². The number of rotatable bonds is 11. The summed E-state index contributed by atoms with van der Waals surface area (Å²) in [6.45, 7) is 16.5. The van der Waals surface area contributed by atoms with Crippen LogP contribution in [0.15, 0.2) is 78.1 Å². The highest BCUT2D eigenvalue weighted by Crippen LogP contribution is 2.35. The molecule has 1 aliphatic rings. The third kappa shape index (κ3) is 12.1. The number of anilines is 2. The van der Waals surface area contributed by atoms with Crippen molar-refractivity contribution in [2.75, 3.05) is 50.6 Å². The molecular weight excluding hydrogens is 709 g/mol. The Bertz CT molecular complexity index is 1810.